The first-order valence-electron chi connectivity index (χ1n) is 7.68. The van der Waals surface area contributed by atoms with E-state index in [0.717, 1.165) is 0 Å². The first-order valence-corrected chi connectivity index (χ1v) is 7.68. The number of hydrogen-bond acceptors (Lipinski definition) is 4. The molecule has 4 nitrogen and oxygen atoms in total. The lowest BCUT2D eigenvalue weighted by Gasteiger charge is -2.28. The number of esters is 2. The van der Waals surface area contributed by atoms with Gasteiger partial charge in [-0.1, -0.05) is 13.2 Å². The lowest BCUT2D eigenvalue weighted by atomic mass is 9.83. The summed E-state index contributed by atoms with van der Waals surface area (Å²) in [5.41, 5.74) is -3.16. The van der Waals surface area contributed by atoms with Crippen LogP contribution in [0.1, 0.15) is 25.7 Å². The van der Waals surface area contributed by atoms with Crippen molar-refractivity contribution in [1.29, 1.82) is 0 Å². The zero-order valence-corrected chi connectivity index (χ0v) is 13.7. The quantitative estimate of drug-likeness (QED) is 0.390. The highest BCUT2D eigenvalue weighted by Gasteiger charge is 2.39. The summed E-state index contributed by atoms with van der Waals surface area (Å²) in [6, 6.07) is 0. The molecular formula is C16H18F6O4. The smallest absolute Gasteiger partial charge is 0.422 e. The van der Waals surface area contributed by atoms with E-state index in [0.29, 0.717) is 25.7 Å². The SMILES string of the molecule is C=C(C(=O)OCC1CCC(COC(=O)C(=C)C(F)(F)F)CC1)C(F)(F)F. The van der Waals surface area contributed by atoms with E-state index < -0.39 is 35.4 Å². The maximum atomic E-state index is 12.3. The van der Waals surface area contributed by atoms with E-state index in [9.17, 15) is 35.9 Å². The largest absolute Gasteiger partial charge is 0.462 e. The van der Waals surface area contributed by atoms with Crippen LogP contribution in [0.4, 0.5) is 26.3 Å². The molecule has 0 saturated heterocycles. The van der Waals surface area contributed by atoms with Gasteiger partial charge in [0, 0.05) is 0 Å². The third-order valence-corrected chi connectivity index (χ3v) is 4.04. The summed E-state index contributed by atoms with van der Waals surface area (Å²) in [6.45, 7) is 4.87. The highest BCUT2D eigenvalue weighted by atomic mass is 19.4. The van der Waals surface area contributed by atoms with Crippen molar-refractivity contribution in [3.63, 3.8) is 0 Å². The second-order valence-electron chi connectivity index (χ2n) is 6.04. The Morgan fingerprint density at radius 1 is 0.731 bits per heavy atom. The molecule has 1 saturated carbocycles. The van der Waals surface area contributed by atoms with Gasteiger partial charge in [0.25, 0.3) is 0 Å². The Kier molecular flexibility index (Phi) is 7.28. The molecule has 1 rings (SSSR count). The number of carbonyl (C=O) groups excluding carboxylic acids is 2. The Bertz CT molecular complexity index is 506. The van der Waals surface area contributed by atoms with Crippen LogP contribution in [0.3, 0.4) is 0 Å². The number of carbonyl (C=O) groups is 2. The van der Waals surface area contributed by atoms with Gasteiger partial charge in [-0.2, -0.15) is 26.3 Å². The van der Waals surface area contributed by atoms with E-state index >= 15 is 0 Å². The topological polar surface area (TPSA) is 52.6 Å². The number of hydrogen-bond donors (Lipinski definition) is 0. The Morgan fingerprint density at radius 3 is 1.23 bits per heavy atom. The van der Waals surface area contributed by atoms with E-state index in [1.165, 1.54) is 0 Å². The monoisotopic (exact) mass is 388 g/mol. The molecule has 0 atom stereocenters. The third kappa shape index (κ3) is 6.72. The Balaban J connectivity index is 2.31. The second kappa shape index (κ2) is 8.59. The number of rotatable bonds is 6. The van der Waals surface area contributed by atoms with Gasteiger partial charge in [-0.05, 0) is 37.5 Å². The Labute approximate surface area is 145 Å². The molecular weight excluding hydrogens is 370 g/mol. The first-order chi connectivity index (χ1) is 11.8. The van der Waals surface area contributed by atoms with Gasteiger partial charge in [0.05, 0.1) is 13.2 Å². The number of halogens is 6. The van der Waals surface area contributed by atoms with Gasteiger partial charge in [0.1, 0.15) is 11.1 Å². The van der Waals surface area contributed by atoms with Crippen LogP contribution in [-0.2, 0) is 19.1 Å². The van der Waals surface area contributed by atoms with E-state index in [-0.39, 0.29) is 25.0 Å². The molecule has 0 heterocycles. The van der Waals surface area contributed by atoms with Crippen LogP contribution in [0.25, 0.3) is 0 Å². The molecule has 0 radical (unpaired) electrons. The number of alkyl halides is 6. The molecule has 0 amide bonds. The molecule has 0 aromatic heterocycles. The lowest BCUT2D eigenvalue weighted by molar-refractivity contribution is -0.154. The minimum Gasteiger partial charge on any atom is -0.462 e. The normalized spacial score (nSPS) is 21.0. The van der Waals surface area contributed by atoms with Gasteiger partial charge in [-0.25, -0.2) is 9.59 Å². The Hall–Kier alpha value is -2.00. The predicted octanol–water partition coefficient (Wildman–Crippen LogP) is 4.12. The van der Waals surface area contributed by atoms with Crippen molar-refractivity contribution in [2.24, 2.45) is 11.8 Å². The fourth-order valence-electron chi connectivity index (χ4n) is 2.36. The minimum atomic E-state index is -4.85. The van der Waals surface area contributed by atoms with Gasteiger partial charge in [-0.15, -0.1) is 0 Å². The van der Waals surface area contributed by atoms with Crippen LogP contribution in [0.2, 0.25) is 0 Å². The van der Waals surface area contributed by atoms with Crippen molar-refractivity contribution in [2.75, 3.05) is 13.2 Å². The van der Waals surface area contributed by atoms with Crippen LogP contribution >= 0.6 is 0 Å². The van der Waals surface area contributed by atoms with Crippen LogP contribution in [0.15, 0.2) is 24.3 Å². The molecule has 0 spiro atoms. The van der Waals surface area contributed by atoms with Crippen molar-refractivity contribution >= 4 is 11.9 Å². The van der Waals surface area contributed by atoms with Gasteiger partial charge in [-0.3, -0.25) is 0 Å². The maximum Gasteiger partial charge on any atom is 0.422 e. The van der Waals surface area contributed by atoms with E-state index in [1.54, 1.807) is 0 Å². The molecule has 0 N–H and O–H groups in total. The molecule has 26 heavy (non-hydrogen) atoms. The maximum absolute atomic E-state index is 12.3. The van der Waals surface area contributed by atoms with Gasteiger partial charge >= 0.3 is 24.3 Å². The lowest BCUT2D eigenvalue weighted by Crippen LogP contribution is -2.27. The van der Waals surface area contributed by atoms with Crippen molar-refractivity contribution < 1.29 is 45.4 Å². The van der Waals surface area contributed by atoms with Crippen LogP contribution < -0.4 is 0 Å². The van der Waals surface area contributed by atoms with Crippen LogP contribution in [-0.4, -0.2) is 37.5 Å². The molecule has 0 bridgehead atoms. The van der Waals surface area contributed by atoms with Crippen molar-refractivity contribution in [2.45, 2.75) is 38.0 Å². The highest BCUT2D eigenvalue weighted by Crippen LogP contribution is 2.31. The third-order valence-electron chi connectivity index (χ3n) is 4.04. The average molecular weight is 388 g/mol. The number of ether oxygens (including phenoxy) is 2. The molecule has 0 aromatic rings. The van der Waals surface area contributed by atoms with Crippen LogP contribution in [0.5, 0.6) is 0 Å². The highest BCUT2D eigenvalue weighted by molar-refractivity contribution is 5.89. The predicted molar refractivity (Wildman–Crippen MR) is 77.8 cm³/mol. The molecule has 10 heteroatoms. The molecule has 1 aliphatic rings. The summed E-state index contributed by atoms with van der Waals surface area (Å²) in [7, 11) is 0. The molecule has 0 aromatic carbocycles. The summed E-state index contributed by atoms with van der Waals surface area (Å²) >= 11 is 0. The molecule has 0 aliphatic heterocycles. The zero-order chi connectivity index (χ0) is 20.1. The summed E-state index contributed by atoms with van der Waals surface area (Å²) in [4.78, 5) is 22.4. The summed E-state index contributed by atoms with van der Waals surface area (Å²) in [6.07, 6.45) is -7.77. The van der Waals surface area contributed by atoms with Crippen molar-refractivity contribution in [3.8, 4) is 0 Å². The van der Waals surface area contributed by atoms with Gasteiger partial charge < -0.3 is 9.47 Å². The van der Waals surface area contributed by atoms with Gasteiger partial charge in [0.15, 0.2) is 0 Å². The van der Waals surface area contributed by atoms with E-state index in [4.69, 9.17) is 0 Å². The Morgan fingerprint density at radius 2 is 1.00 bits per heavy atom. The summed E-state index contributed by atoms with van der Waals surface area (Å²) in [5.74, 6) is -3.40. The van der Waals surface area contributed by atoms with Crippen LogP contribution in [0, 0.1) is 11.8 Å². The fourth-order valence-corrected chi connectivity index (χ4v) is 2.36. The first kappa shape index (κ1) is 22.0. The summed E-state index contributed by atoms with van der Waals surface area (Å²) < 4.78 is 82.9. The fraction of sp³-hybridized carbons (Fsp3) is 0.625. The average Bonchev–Trinajstić information content (AvgIpc) is 2.55. The molecule has 1 aliphatic carbocycles. The molecule has 1 fully saturated rings. The van der Waals surface area contributed by atoms with Crippen molar-refractivity contribution in [1.82, 2.24) is 0 Å². The zero-order valence-electron chi connectivity index (χ0n) is 13.7. The minimum absolute atomic E-state index is 0.169. The molecule has 0 unspecified atom stereocenters. The molecule has 148 valence electrons. The standard InChI is InChI=1S/C16H18F6O4/c1-9(15(17,18)19)13(23)25-7-11-3-5-12(6-4-11)8-26-14(24)10(2)16(20,21)22/h11-12H,1-8H2. The second-order valence-corrected chi connectivity index (χ2v) is 6.04. The summed E-state index contributed by atoms with van der Waals surface area (Å²) in [5, 5.41) is 0. The van der Waals surface area contributed by atoms with Gasteiger partial charge in [0.2, 0.25) is 0 Å². The van der Waals surface area contributed by atoms with E-state index in [2.05, 4.69) is 22.6 Å². The van der Waals surface area contributed by atoms with E-state index in [1.807, 2.05) is 0 Å². The van der Waals surface area contributed by atoms with Crippen molar-refractivity contribution in [3.05, 3.63) is 24.3 Å².